The van der Waals surface area contributed by atoms with Gasteiger partial charge in [-0.1, -0.05) is 13.3 Å². The van der Waals surface area contributed by atoms with Gasteiger partial charge < -0.3 is 14.7 Å². The van der Waals surface area contributed by atoms with E-state index in [9.17, 15) is 13.2 Å². The van der Waals surface area contributed by atoms with Crippen LogP contribution < -0.4 is 19.1 Å². The number of fused-ring (bicyclic) bond motifs is 1. The molecule has 1 unspecified atom stereocenters. The van der Waals surface area contributed by atoms with Crippen LogP contribution in [0.3, 0.4) is 0 Å². The molecule has 0 spiro atoms. The number of hydrogen-bond donors (Lipinski definition) is 3. The second-order valence-corrected chi connectivity index (χ2v) is 8.83. The van der Waals surface area contributed by atoms with Gasteiger partial charge in [0, 0.05) is 31.1 Å². The average molecular weight is 438 g/mol. The number of nitrogens with zero attached hydrogens (tertiary/aromatic N) is 3. The highest BCUT2D eigenvalue weighted by atomic mass is 32.2. The van der Waals surface area contributed by atoms with Crippen molar-refractivity contribution in [2.24, 2.45) is 11.8 Å². The van der Waals surface area contributed by atoms with Crippen molar-refractivity contribution in [3.8, 4) is 5.75 Å². The first-order valence-electron chi connectivity index (χ1n) is 9.87. The van der Waals surface area contributed by atoms with Crippen LogP contribution in [0, 0.1) is 11.8 Å². The number of benzene rings is 1. The monoisotopic (exact) mass is 437 g/mol. The van der Waals surface area contributed by atoms with E-state index in [1.807, 2.05) is 25.1 Å². The maximum Gasteiger partial charge on any atom is 0.419 e. The van der Waals surface area contributed by atoms with Gasteiger partial charge in [0.1, 0.15) is 17.9 Å². The molecule has 0 bridgehead atoms. The van der Waals surface area contributed by atoms with Crippen LogP contribution in [0.4, 0.5) is 10.6 Å². The lowest BCUT2D eigenvalue weighted by atomic mass is 9.83. The first-order chi connectivity index (χ1) is 14.3. The zero-order chi connectivity index (χ0) is 21.7. The number of amides is 1. The summed E-state index contributed by atoms with van der Waals surface area (Å²) in [6.45, 7) is 3.83. The molecule has 1 aromatic heterocycles. The molecule has 2 aromatic rings. The smallest absolute Gasteiger partial charge is 0.419 e. The fourth-order valence-corrected chi connectivity index (χ4v) is 4.73. The molecule has 1 amide bonds. The minimum Gasteiger partial charge on any atom is -0.497 e. The summed E-state index contributed by atoms with van der Waals surface area (Å²) < 4.78 is 32.6. The van der Waals surface area contributed by atoms with E-state index in [0.717, 1.165) is 54.8 Å². The lowest BCUT2D eigenvalue weighted by Gasteiger charge is -2.36. The molecule has 2 heterocycles. The molecule has 0 radical (unpaired) electrons. The van der Waals surface area contributed by atoms with Crippen molar-refractivity contribution < 1.29 is 23.1 Å². The van der Waals surface area contributed by atoms with E-state index in [0.29, 0.717) is 5.92 Å². The van der Waals surface area contributed by atoms with Crippen LogP contribution in [0.25, 0.3) is 10.9 Å². The third kappa shape index (κ3) is 5.28. The average Bonchev–Trinajstić information content (AvgIpc) is 2.72. The molecule has 1 aliphatic heterocycles. The molecule has 1 aliphatic rings. The minimum atomic E-state index is -4.05. The van der Waals surface area contributed by atoms with E-state index in [-0.39, 0.29) is 12.5 Å². The highest BCUT2D eigenvalue weighted by molar-refractivity contribution is 7.88. The van der Waals surface area contributed by atoms with Crippen molar-refractivity contribution in [1.82, 2.24) is 19.4 Å². The van der Waals surface area contributed by atoms with Gasteiger partial charge in [-0.3, -0.25) is 0 Å². The normalized spacial score (nSPS) is 16.4. The molecule has 30 heavy (non-hydrogen) atoms. The third-order valence-corrected chi connectivity index (χ3v) is 6.60. The first-order valence-corrected chi connectivity index (χ1v) is 11.3. The van der Waals surface area contributed by atoms with Crippen LogP contribution in [-0.2, 0) is 10.2 Å². The molecule has 0 saturated carbocycles. The lowest BCUT2D eigenvalue weighted by molar-refractivity contribution is 0.200. The van der Waals surface area contributed by atoms with Crippen LogP contribution in [0.2, 0.25) is 0 Å². The summed E-state index contributed by atoms with van der Waals surface area (Å²) in [5.74, 6) is 2.10. The number of nitrogens with one attached hydrogen (secondary N) is 2. The Bertz CT molecular complexity index is 992. The van der Waals surface area contributed by atoms with E-state index in [1.165, 1.54) is 4.72 Å². The zero-order valence-corrected chi connectivity index (χ0v) is 17.9. The Labute approximate surface area is 175 Å². The number of aromatic nitrogens is 2. The maximum atomic E-state index is 11.7. The molecule has 1 fully saturated rings. The number of ether oxygens (including phenoxy) is 1. The van der Waals surface area contributed by atoms with E-state index in [2.05, 4.69) is 19.6 Å². The van der Waals surface area contributed by atoms with Gasteiger partial charge in [-0.05, 0) is 36.8 Å². The Morgan fingerprint density at radius 1 is 1.33 bits per heavy atom. The van der Waals surface area contributed by atoms with E-state index in [1.54, 1.807) is 13.4 Å². The summed E-state index contributed by atoms with van der Waals surface area (Å²) in [6, 6.07) is 5.75. The largest absolute Gasteiger partial charge is 0.497 e. The standard InChI is InChI=1S/C19H27N5O5S/c1-3-13(11-22-30(27,28)23-19(25)26)14-6-8-24(9-7-14)18-16-5-4-15(29-2)10-17(16)20-12-21-18/h4-5,10,12-14,22-23H,3,6-9,11H2,1-2H3,(H,25,26). The fourth-order valence-electron chi connectivity index (χ4n) is 4.00. The molecule has 10 nitrogen and oxygen atoms in total. The number of rotatable bonds is 8. The highest BCUT2D eigenvalue weighted by Gasteiger charge is 2.28. The number of piperidine rings is 1. The van der Waals surface area contributed by atoms with Crippen LogP contribution in [0.15, 0.2) is 24.5 Å². The summed E-state index contributed by atoms with van der Waals surface area (Å²) in [5.41, 5.74) is 0.827. The van der Waals surface area contributed by atoms with Crippen LogP contribution in [-0.4, -0.2) is 56.3 Å². The Hall–Kier alpha value is -2.66. The SMILES string of the molecule is CCC(CNS(=O)(=O)NC(=O)O)C1CCN(c2ncnc3cc(OC)ccc23)CC1. The van der Waals surface area contributed by atoms with Gasteiger partial charge >= 0.3 is 16.3 Å². The number of methoxy groups -OCH3 is 1. The predicted octanol–water partition coefficient (Wildman–Crippen LogP) is 1.98. The second-order valence-electron chi connectivity index (χ2n) is 7.33. The fraction of sp³-hybridized carbons (Fsp3) is 0.526. The van der Waals surface area contributed by atoms with Crippen LogP contribution in [0.5, 0.6) is 5.75 Å². The Morgan fingerprint density at radius 3 is 2.70 bits per heavy atom. The van der Waals surface area contributed by atoms with E-state index < -0.39 is 16.3 Å². The third-order valence-electron chi connectivity index (χ3n) is 5.61. The van der Waals surface area contributed by atoms with Gasteiger partial charge in [0.25, 0.3) is 0 Å². The van der Waals surface area contributed by atoms with Gasteiger partial charge in [-0.25, -0.2) is 19.5 Å². The predicted molar refractivity (Wildman–Crippen MR) is 113 cm³/mol. The molecule has 164 valence electrons. The quantitative estimate of drug-likeness (QED) is 0.571. The van der Waals surface area contributed by atoms with Gasteiger partial charge in [0.05, 0.1) is 12.6 Å². The number of anilines is 1. The molecule has 1 atom stereocenters. The van der Waals surface area contributed by atoms with Gasteiger partial charge in [0.2, 0.25) is 0 Å². The summed E-state index contributed by atoms with van der Waals surface area (Å²) in [5, 5.41) is 9.58. The summed E-state index contributed by atoms with van der Waals surface area (Å²) >= 11 is 0. The van der Waals surface area contributed by atoms with Gasteiger partial charge in [-0.15, -0.1) is 0 Å². The minimum absolute atomic E-state index is 0.129. The van der Waals surface area contributed by atoms with Gasteiger partial charge in [-0.2, -0.15) is 13.1 Å². The molecule has 1 saturated heterocycles. The summed E-state index contributed by atoms with van der Waals surface area (Å²) in [6.07, 6.45) is 2.56. The zero-order valence-electron chi connectivity index (χ0n) is 17.0. The number of carboxylic acid groups (broad SMARTS) is 1. The second kappa shape index (κ2) is 9.43. The van der Waals surface area contributed by atoms with Crippen molar-refractivity contribution in [3.63, 3.8) is 0 Å². The summed E-state index contributed by atoms with van der Waals surface area (Å²) in [7, 11) is -2.42. The highest BCUT2D eigenvalue weighted by Crippen LogP contribution is 2.32. The topological polar surface area (TPSA) is 134 Å². The first kappa shape index (κ1) is 22.0. The van der Waals surface area contributed by atoms with Crippen molar-refractivity contribution in [2.75, 3.05) is 31.6 Å². The Kier molecular flexibility index (Phi) is 6.93. The molecule has 11 heteroatoms. The van der Waals surface area contributed by atoms with E-state index in [4.69, 9.17) is 9.84 Å². The van der Waals surface area contributed by atoms with Gasteiger partial charge in [0.15, 0.2) is 0 Å². The summed E-state index contributed by atoms with van der Waals surface area (Å²) in [4.78, 5) is 21.6. The molecular weight excluding hydrogens is 410 g/mol. The Balaban J connectivity index is 1.64. The number of hydrogen-bond acceptors (Lipinski definition) is 7. The maximum absolute atomic E-state index is 11.7. The van der Waals surface area contributed by atoms with Crippen LogP contribution >= 0.6 is 0 Å². The molecular formula is C19H27N5O5S. The molecule has 3 rings (SSSR count). The molecule has 0 aliphatic carbocycles. The lowest BCUT2D eigenvalue weighted by Crippen LogP contribution is -2.44. The van der Waals surface area contributed by atoms with Crippen molar-refractivity contribution >= 4 is 33.0 Å². The Morgan fingerprint density at radius 2 is 2.07 bits per heavy atom. The van der Waals surface area contributed by atoms with E-state index >= 15 is 0 Å². The molecule has 1 aromatic carbocycles. The van der Waals surface area contributed by atoms with Crippen molar-refractivity contribution in [2.45, 2.75) is 26.2 Å². The molecule has 3 N–H and O–H groups in total. The van der Waals surface area contributed by atoms with Crippen molar-refractivity contribution in [3.05, 3.63) is 24.5 Å². The van der Waals surface area contributed by atoms with Crippen LogP contribution in [0.1, 0.15) is 26.2 Å². The number of carbonyl (C=O) groups is 1. The van der Waals surface area contributed by atoms with Crippen molar-refractivity contribution in [1.29, 1.82) is 0 Å².